The molecule has 0 aliphatic carbocycles. The van der Waals surface area contributed by atoms with Crippen molar-refractivity contribution in [3.8, 4) is 5.75 Å². The summed E-state index contributed by atoms with van der Waals surface area (Å²) in [6.45, 7) is 8.82. The zero-order chi connectivity index (χ0) is 17.6. The van der Waals surface area contributed by atoms with E-state index < -0.39 is 0 Å². The van der Waals surface area contributed by atoms with Gasteiger partial charge in [-0.2, -0.15) is 0 Å². The molecule has 4 nitrogen and oxygen atoms in total. The number of fused-ring (bicyclic) bond motifs is 1. The number of unbranched alkanes of at least 4 members (excludes halogenated alkanes) is 1. The second kappa shape index (κ2) is 8.70. The summed E-state index contributed by atoms with van der Waals surface area (Å²) in [5.41, 5.74) is 2.10. The number of hydrogen-bond donors (Lipinski definition) is 0. The maximum atomic E-state index is 12.3. The minimum absolute atomic E-state index is 0.0800. The van der Waals surface area contributed by atoms with Gasteiger partial charge in [0.05, 0.1) is 5.69 Å². The Morgan fingerprint density at radius 3 is 2.72 bits per heavy atom. The van der Waals surface area contributed by atoms with Gasteiger partial charge in [-0.1, -0.05) is 32.3 Å². The quantitative estimate of drug-likeness (QED) is 0.749. The predicted molar refractivity (Wildman–Crippen MR) is 102 cm³/mol. The maximum Gasteiger partial charge on any atom is 0.265 e. The van der Waals surface area contributed by atoms with Crippen LogP contribution in [0.15, 0.2) is 18.2 Å². The number of amides is 1. The number of hydrogen-bond acceptors (Lipinski definition) is 3. The van der Waals surface area contributed by atoms with E-state index in [0.717, 1.165) is 42.4 Å². The van der Waals surface area contributed by atoms with Crippen LogP contribution in [0.2, 0.25) is 0 Å². The molecule has 1 aromatic carbocycles. The maximum absolute atomic E-state index is 12.3. The third-order valence-electron chi connectivity index (χ3n) is 5.59. The van der Waals surface area contributed by atoms with Gasteiger partial charge in [0.2, 0.25) is 0 Å². The van der Waals surface area contributed by atoms with Crippen LogP contribution >= 0.6 is 0 Å². The molecule has 1 fully saturated rings. The van der Waals surface area contributed by atoms with Gasteiger partial charge in [0, 0.05) is 6.54 Å². The fraction of sp³-hybridized carbons (Fsp3) is 0.667. The first-order chi connectivity index (χ1) is 12.2. The highest BCUT2D eigenvalue weighted by molar-refractivity contribution is 5.97. The monoisotopic (exact) mass is 344 g/mol. The molecule has 25 heavy (non-hydrogen) atoms. The summed E-state index contributed by atoms with van der Waals surface area (Å²) in [6.07, 6.45) is 7.82. The molecule has 2 aliphatic rings. The molecule has 0 bridgehead atoms. The molecular formula is C21H32N2O2. The SMILES string of the molecule is CCCCC1CCN(CCCN2C(=O)COc3ccc(C)cc32)CC1. The van der Waals surface area contributed by atoms with Gasteiger partial charge in [-0.05, 0) is 69.4 Å². The van der Waals surface area contributed by atoms with Crippen LogP contribution < -0.4 is 9.64 Å². The lowest BCUT2D eigenvalue weighted by atomic mass is 9.91. The van der Waals surface area contributed by atoms with Crippen LogP contribution in [0, 0.1) is 12.8 Å². The first-order valence-electron chi connectivity index (χ1n) is 9.93. The summed E-state index contributed by atoms with van der Waals surface area (Å²) in [5, 5.41) is 0. The third-order valence-corrected chi connectivity index (χ3v) is 5.59. The van der Waals surface area contributed by atoms with E-state index in [0.29, 0.717) is 0 Å². The molecule has 0 aromatic heterocycles. The van der Waals surface area contributed by atoms with Gasteiger partial charge in [-0.25, -0.2) is 0 Å². The van der Waals surface area contributed by atoms with Crippen LogP contribution in [0.25, 0.3) is 0 Å². The second-order valence-electron chi connectivity index (χ2n) is 7.59. The molecule has 0 radical (unpaired) electrons. The molecule has 1 saturated heterocycles. The number of carbonyl (C=O) groups is 1. The third kappa shape index (κ3) is 4.75. The normalized spacial score (nSPS) is 19.0. The van der Waals surface area contributed by atoms with Crippen molar-refractivity contribution in [2.24, 2.45) is 5.92 Å². The van der Waals surface area contributed by atoms with Gasteiger partial charge in [0.15, 0.2) is 6.61 Å². The summed E-state index contributed by atoms with van der Waals surface area (Å²) in [7, 11) is 0. The molecule has 0 N–H and O–H groups in total. The van der Waals surface area contributed by atoms with Crippen LogP contribution in [0.1, 0.15) is 51.0 Å². The molecule has 2 aliphatic heterocycles. The van der Waals surface area contributed by atoms with E-state index >= 15 is 0 Å². The number of rotatable bonds is 7. The van der Waals surface area contributed by atoms with Crippen LogP contribution in [0.5, 0.6) is 5.75 Å². The van der Waals surface area contributed by atoms with Crippen LogP contribution in [0.3, 0.4) is 0 Å². The van der Waals surface area contributed by atoms with Crippen molar-refractivity contribution >= 4 is 11.6 Å². The Labute approximate surface area is 152 Å². The van der Waals surface area contributed by atoms with Crippen LogP contribution in [0.4, 0.5) is 5.69 Å². The minimum atomic E-state index is 0.0800. The Morgan fingerprint density at radius 1 is 1.16 bits per heavy atom. The molecule has 0 atom stereocenters. The Bertz CT molecular complexity index is 579. The van der Waals surface area contributed by atoms with Crippen molar-refractivity contribution in [1.82, 2.24) is 4.90 Å². The molecule has 0 unspecified atom stereocenters. The molecule has 4 heteroatoms. The number of carbonyl (C=O) groups excluding carboxylic acids is 1. The molecule has 3 rings (SSSR count). The van der Waals surface area contributed by atoms with Gasteiger partial charge in [-0.3, -0.25) is 4.79 Å². The van der Waals surface area contributed by atoms with E-state index in [1.807, 2.05) is 17.0 Å². The number of anilines is 1. The van der Waals surface area contributed by atoms with Crippen molar-refractivity contribution in [3.63, 3.8) is 0 Å². The Balaban J connectivity index is 1.47. The summed E-state index contributed by atoms with van der Waals surface area (Å²) in [5.74, 6) is 1.85. The Kier molecular flexibility index (Phi) is 6.35. The van der Waals surface area contributed by atoms with E-state index in [1.165, 1.54) is 45.2 Å². The highest BCUT2D eigenvalue weighted by Crippen LogP contribution is 2.33. The molecular weight excluding hydrogens is 312 g/mol. The highest BCUT2D eigenvalue weighted by atomic mass is 16.5. The molecule has 0 spiro atoms. The molecule has 1 amide bonds. The largest absolute Gasteiger partial charge is 0.482 e. The minimum Gasteiger partial charge on any atom is -0.482 e. The smallest absolute Gasteiger partial charge is 0.265 e. The first kappa shape index (κ1) is 18.2. The number of likely N-dealkylation sites (tertiary alicyclic amines) is 1. The van der Waals surface area contributed by atoms with Crippen molar-refractivity contribution in [3.05, 3.63) is 23.8 Å². The lowest BCUT2D eigenvalue weighted by Gasteiger charge is -2.33. The summed E-state index contributed by atoms with van der Waals surface area (Å²) in [4.78, 5) is 16.8. The fourth-order valence-electron chi connectivity index (χ4n) is 4.00. The average molecular weight is 344 g/mol. The van der Waals surface area contributed by atoms with Crippen molar-refractivity contribution in [2.45, 2.75) is 52.4 Å². The lowest BCUT2D eigenvalue weighted by Crippen LogP contribution is -2.41. The van der Waals surface area contributed by atoms with Gasteiger partial charge >= 0.3 is 0 Å². The topological polar surface area (TPSA) is 32.8 Å². The van der Waals surface area contributed by atoms with Crippen LogP contribution in [-0.2, 0) is 4.79 Å². The zero-order valence-electron chi connectivity index (χ0n) is 15.8. The molecule has 1 aromatic rings. The average Bonchev–Trinajstić information content (AvgIpc) is 2.63. The second-order valence-corrected chi connectivity index (χ2v) is 7.59. The zero-order valence-corrected chi connectivity index (χ0v) is 15.8. The van der Waals surface area contributed by atoms with Crippen molar-refractivity contribution in [1.29, 1.82) is 0 Å². The number of benzene rings is 1. The Morgan fingerprint density at radius 2 is 1.96 bits per heavy atom. The van der Waals surface area contributed by atoms with Crippen LogP contribution in [-0.4, -0.2) is 43.6 Å². The van der Waals surface area contributed by atoms with E-state index in [9.17, 15) is 4.79 Å². The predicted octanol–water partition coefficient (Wildman–Crippen LogP) is 4.01. The number of aryl methyl sites for hydroxylation is 1. The van der Waals surface area contributed by atoms with Crippen molar-refractivity contribution < 1.29 is 9.53 Å². The summed E-state index contributed by atoms with van der Waals surface area (Å²) in [6, 6.07) is 6.08. The van der Waals surface area contributed by atoms with Gasteiger partial charge in [0.25, 0.3) is 5.91 Å². The Hall–Kier alpha value is -1.55. The number of ether oxygens (including phenoxy) is 1. The molecule has 138 valence electrons. The van der Waals surface area contributed by atoms with E-state index in [-0.39, 0.29) is 12.5 Å². The molecule has 0 saturated carbocycles. The lowest BCUT2D eigenvalue weighted by molar-refractivity contribution is -0.121. The van der Waals surface area contributed by atoms with E-state index in [2.05, 4.69) is 24.8 Å². The summed E-state index contributed by atoms with van der Waals surface area (Å²) < 4.78 is 5.56. The number of piperidine rings is 1. The van der Waals surface area contributed by atoms with Gasteiger partial charge < -0.3 is 14.5 Å². The fourth-order valence-corrected chi connectivity index (χ4v) is 4.00. The standard InChI is InChI=1S/C21H32N2O2/c1-3-4-6-18-9-13-22(14-10-18)11-5-12-23-19-15-17(2)7-8-20(19)25-16-21(23)24/h7-8,15,18H,3-6,9-14,16H2,1-2H3. The summed E-state index contributed by atoms with van der Waals surface area (Å²) >= 11 is 0. The van der Waals surface area contributed by atoms with E-state index in [1.54, 1.807) is 0 Å². The van der Waals surface area contributed by atoms with Gasteiger partial charge in [0.1, 0.15) is 5.75 Å². The first-order valence-corrected chi connectivity index (χ1v) is 9.93. The van der Waals surface area contributed by atoms with E-state index in [4.69, 9.17) is 4.74 Å². The van der Waals surface area contributed by atoms with Crippen molar-refractivity contribution in [2.75, 3.05) is 37.7 Å². The number of nitrogens with zero attached hydrogens (tertiary/aromatic N) is 2. The highest BCUT2D eigenvalue weighted by Gasteiger charge is 2.25. The van der Waals surface area contributed by atoms with Gasteiger partial charge in [-0.15, -0.1) is 0 Å². The molecule has 2 heterocycles.